The minimum absolute atomic E-state index is 0.0820. The van der Waals surface area contributed by atoms with E-state index in [0.717, 1.165) is 6.26 Å². The Kier molecular flexibility index (Phi) is 5.32. The van der Waals surface area contributed by atoms with Crippen LogP contribution in [-0.2, 0) is 16.6 Å². The van der Waals surface area contributed by atoms with Gasteiger partial charge in [-0.05, 0) is 6.07 Å². The lowest BCUT2D eigenvalue weighted by atomic mass is 10.2. The van der Waals surface area contributed by atoms with E-state index in [1.807, 2.05) is 0 Å². The zero-order valence-electron chi connectivity index (χ0n) is 9.33. The van der Waals surface area contributed by atoms with Gasteiger partial charge in [-0.25, -0.2) is 17.5 Å². The van der Waals surface area contributed by atoms with Crippen LogP contribution in [-0.4, -0.2) is 27.8 Å². The molecule has 0 heterocycles. The van der Waals surface area contributed by atoms with E-state index >= 15 is 0 Å². The van der Waals surface area contributed by atoms with Crippen LogP contribution in [0.3, 0.4) is 0 Å². The molecule has 0 saturated carbocycles. The Morgan fingerprint density at radius 1 is 1.35 bits per heavy atom. The van der Waals surface area contributed by atoms with E-state index in [1.54, 1.807) is 12.1 Å². The van der Waals surface area contributed by atoms with E-state index in [-0.39, 0.29) is 11.6 Å². The van der Waals surface area contributed by atoms with Gasteiger partial charge in [0.1, 0.15) is 5.82 Å². The predicted octanol–water partition coefficient (Wildman–Crippen LogP) is 1.12. The van der Waals surface area contributed by atoms with Crippen molar-refractivity contribution in [2.24, 2.45) is 0 Å². The molecule has 1 aromatic carbocycles. The minimum atomic E-state index is -3.17. The molecule has 0 radical (unpaired) electrons. The first-order chi connectivity index (χ1) is 7.90. The molecular weight excluding hydrogens is 267 g/mol. The van der Waals surface area contributed by atoms with Crippen molar-refractivity contribution in [2.75, 3.05) is 19.3 Å². The van der Waals surface area contributed by atoms with Crippen molar-refractivity contribution < 1.29 is 12.8 Å². The van der Waals surface area contributed by atoms with Crippen LogP contribution in [0.5, 0.6) is 0 Å². The topological polar surface area (TPSA) is 58.2 Å². The number of hydrogen-bond donors (Lipinski definition) is 2. The maximum absolute atomic E-state index is 13.4. The van der Waals surface area contributed by atoms with Crippen molar-refractivity contribution in [1.29, 1.82) is 0 Å². The average molecular weight is 281 g/mol. The normalized spacial score (nSPS) is 11.7. The third-order valence-corrected chi connectivity index (χ3v) is 3.03. The van der Waals surface area contributed by atoms with E-state index in [9.17, 15) is 12.8 Å². The molecule has 0 aliphatic heterocycles. The third kappa shape index (κ3) is 5.45. The van der Waals surface area contributed by atoms with Crippen LogP contribution in [0.25, 0.3) is 0 Å². The highest BCUT2D eigenvalue weighted by atomic mass is 35.5. The fourth-order valence-electron chi connectivity index (χ4n) is 1.23. The van der Waals surface area contributed by atoms with Crippen molar-refractivity contribution in [3.8, 4) is 0 Å². The summed E-state index contributed by atoms with van der Waals surface area (Å²) >= 11 is 5.62. The Balaban J connectivity index is 2.34. The third-order valence-electron chi connectivity index (χ3n) is 2.01. The zero-order valence-corrected chi connectivity index (χ0v) is 10.9. The summed E-state index contributed by atoms with van der Waals surface area (Å²) in [7, 11) is -3.17. The van der Waals surface area contributed by atoms with E-state index < -0.39 is 15.8 Å². The van der Waals surface area contributed by atoms with Gasteiger partial charge < -0.3 is 5.32 Å². The lowest BCUT2D eigenvalue weighted by Gasteiger charge is -2.07. The van der Waals surface area contributed by atoms with Crippen LogP contribution in [0.1, 0.15) is 5.56 Å². The molecule has 0 aliphatic rings. The van der Waals surface area contributed by atoms with Gasteiger partial charge in [0, 0.05) is 25.2 Å². The second-order valence-electron chi connectivity index (χ2n) is 3.56. The van der Waals surface area contributed by atoms with Crippen molar-refractivity contribution in [2.45, 2.75) is 6.54 Å². The Hall–Kier alpha value is -0.690. The summed E-state index contributed by atoms with van der Waals surface area (Å²) in [6.45, 7) is 0.984. The van der Waals surface area contributed by atoms with Crippen molar-refractivity contribution in [3.05, 3.63) is 34.6 Å². The monoisotopic (exact) mass is 280 g/mol. The molecule has 0 aromatic heterocycles. The molecule has 0 bridgehead atoms. The fraction of sp³-hybridized carbons (Fsp3) is 0.400. The zero-order chi connectivity index (χ0) is 12.9. The molecule has 0 fully saturated rings. The second-order valence-corrected chi connectivity index (χ2v) is 5.80. The first kappa shape index (κ1) is 14.4. The molecule has 1 aromatic rings. The molecule has 0 aliphatic carbocycles. The molecule has 17 heavy (non-hydrogen) atoms. The van der Waals surface area contributed by atoms with Gasteiger partial charge >= 0.3 is 0 Å². The lowest BCUT2D eigenvalue weighted by Crippen LogP contribution is -2.30. The summed E-state index contributed by atoms with van der Waals surface area (Å²) < 4.78 is 37.2. The summed E-state index contributed by atoms with van der Waals surface area (Å²) in [6.07, 6.45) is 1.09. The molecule has 0 spiro atoms. The average Bonchev–Trinajstić information content (AvgIpc) is 2.22. The molecule has 0 atom stereocenters. The lowest BCUT2D eigenvalue weighted by molar-refractivity contribution is 0.572. The summed E-state index contributed by atoms with van der Waals surface area (Å²) in [4.78, 5) is 0. The Labute approximate surface area is 105 Å². The van der Waals surface area contributed by atoms with Gasteiger partial charge in [-0.2, -0.15) is 0 Å². The second kappa shape index (κ2) is 6.30. The molecule has 1 rings (SSSR count). The predicted molar refractivity (Wildman–Crippen MR) is 66.0 cm³/mol. The highest BCUT2D eigenvalue weighted by Crippen LogP contribution is 2.17. The maximum Gasteiger partial charge on any atom is 0.208 e. The Morgan fingerprint density at radius 2 is 2.06 bits per heavy atom. The van der Waals surface area contributed by atoms with Crippen LogP contribution in [0.4, 0.5) is 4.39 Å². The van der Waals surface area contributed by atoms with E-state index in [2.05, 4.69) is 10.0 Å². The highest BCUT2D eigenvalue weighted by molar-refractivity contribution is 7.88. The molecule has 2 N–H and O–H groups in total. The van der Waals surface area contributed by atoms with E-state index in [4.69, 9.17) is 11.6 Å². The number of nitrogens with one attached hydrogen (secondary N) is 2. The van der Waals surface area contributed by atoms with E-state index in [0.29, 0.717) is 18.7 Å². The molecule has 7 heteroatoms. The van der Waals surface area contributed by atoms with Crippen LogP contribution in [0.15, 0.2) is 18.2 Å². The first-order valence-corrected chi connectivity index (χ1v) is 7.25. The van der Waals surface area contributed by atoms with Gasteiger partial charge in [0.05, 0.1) is 11.3 Å². The number of benzene rings is 1. The van der Waals surface area contributed by atoms with Gasteiger partial charge in [0.2, 0.25) is 10.0 Å². The van der Waals surface area contributed by atoms with Crippen LogP contribution in [0, 0.1) is 5.82 Å². The Bertz CT molecular complexity index is 479. The van der Waals surface area contributed by atoms with Gasteiger partial charge in [0.25, 0.3) is 0 Å². The van der Waals surface area contributed by atoms with Crippen molar-refractivity contribution in [3.63, 3.8) is 0 Å². The smallest absolute Gasteiger partial charge is 0.208 e. The summed E-state index contributed by atoms with van der Waals surface area (Å²) in [5.74, 6) is -0.447. The van der Waals surface area contributed by atoms with Crippen LogP contribution in [0.2, 0.25) is 5.02 Å². The molecule has 4 nitrogen and oxygen atoms in total. The number of rotatable bonds is 6. The minimum Gasteiger partial charge on any atom is -0.311 e. The number of sulfonamides is 1. The van der Waals surface area contributed by atoms with Crippen LogP contribution < -0.4 is 10.0 Å². The van der Waals surface area contributed by atoms with Crippen molar-refractivity contribution >= 4 is 21.6 Å². The van der Waals surface area contributed by atoms with Crippen molar-refractivity contribution in [1.82, 2.24) is 10.0 Å². The number of hydrogen-bond acceptors (Lipinski definition) is 3. The molecule has 96 valence electrons. The van der Waals surface area contributed by atoms with E-state index in [1.165, 1.54) is 6.07 Å². The van der Waals surface area contributed by atoms with Gasteiger partial charge in [-0.15, -0.1) is 0 Å². The number of halogens is 2. The first-order valence-electron chi connectivity index (χ1n) is 4.98. The molecule has 0 unspecified atom stereocenters. The maximum atomic E-state index is 13.4. The van der Waals surface area contributed by atoms with Crippen LogP contribution >= 0.6 is 11.6 Å². The van der Waals surface area contributed by atoms with Gasteiger partial charge in [-0.1, -0.05) is 23.7 Å². The van der Waals surface area contributed by atoms with Gasteiger partial charge in [0.15, 0.2) is 0 Å². The summed E-state index contributed by atoms with van der Waals surface area (Å²) in [6, 6.07) is 4.76. The van der Waals surface area contributed by atoms with Gasteiger partial charge in [-0.3, -0.25) is 0 Å². The fourth-order valence-corrected chi connectivity index (χ4v) is 1.90. The quantitative estimate of drug-likeness (QED) is 0.768. The summed E-state index contributed by atoms with van der Waals surface area (Å²) in [5, 5.41) is 3.00. The standard InChI is InChI=1S/C10H14ClFN2O2S/c1-17(15,16)14-6-5-13-7-8-3-2-4-9(11)10(8)12/h2-4,13-14H,5-7H2,1H3. The molecular formula is C10H14ClFN2O2S. The SMILES string of the molecule is CS(=O)(=O)NCCNCc1cccc(Cl)c1F. The highest BCUT2D eigenvalue weighted by Gasteiger charge is 2.05. The molecule has 0 saturated heterocycles. The Morgan fingerprint density at radius 3 is 2.71 bits per heavy atom. The molecule has 0 amide bonds. The largest absolute Gasteiger partial charge is 0.311 e. The summed E-state index contributed by atoms with van der Waals surface area (Å²) in [5.41, 5.74) is 0.455.